The number of hydrogen-bond acceptors (Lipinski definition) is 6. The number of nitrogens with two attached hydrogens (primary N) is 1. The summed E-state index contributed by atoms with van der Waals surface area (Å²) < 4.78 is 39.8. The van der Waals surface area contributed by atoms with E-state index in [9.17, 15) is 18.0 Å². The average Bonchev–Trinajstić information content (AvgIpc) is 3.36. The molecule has 0 aliphatic heterocycles. The molecular weight excluding hydrogens is 472 g/mol. The highest BCUT2D eigenvalue weighted by Crippen LogP contribution is 2.31. The summed E-state index contributed by atoms with van der Waals surface area (Å²) in [5.41, 5.74) is 4.94. The van der Waals surface area contributed by atoms with Crippen molar-refractivity contribution in [3.8, 4) is 11.4 Å². The molecule has 2 aromatic carbocycles. The highest BCUT2D eigenvalue weighted by molar-refractivity contribution is 6.37. The maximum Gasteiger partial charge on any atom is 0.435 e. The molecule has 2 aromatic heterocycles. The maximum atomic E-state index is 13.1. The standard InChI is InChI=1S/C18H11Cl2F3N8O/c19-11-2-1-3-12(20)15(11)31-27-14(16(24)32)17(28-31)26-9-4-6-10(7-5-9)30-13(8-25-29-30)18(21,22)23/h1-8H,(H2,24,32)(H,26,28). The Morgan fingerprint density at radius 3 is 2.28 bits per heavy atom. The molecule has 0 fully saturated rings. The molecular formula is C18H11Cl2F3N8O. The van der Waals surface area contributed by atoms with Crippen molar-refractivity contribution in [1.82, 2.24) is 30.0 Å². The predicted octanol–water partition coefficient (Wildman–Crippen LogP) is 4.02. The minimum absolute atomic E-state index is 0.00188. The number of nitrogens with zero attached hydrogens (tertiary/aromatic N) is 6. The fourth-order valence-corrected chi connectivity index (χ4v) is 3.33. The number of rotatable bonds is 5. The maximum absolute atomic E-state index is 13.1. The summed E-state index contributed by atoms with van der Waals surface area (Å²) in [6, 6.07) is 10.5. The first-order valence-corrected chi connectivity index (χ1v) is 9.47. The van der Waals surface area contributed by atoms with Gasteiger partial charge in [-0.15, -0.1) is 20.1 Å². The third-order valence-electron chi connectivity index (χ3n) is 4.20. The Labute approximate surface area is 187 Å². The summed E-state index contributed by atoms with van der Waals surface area (Å²) in [5, 5.41) is 18.4. The predicted molar refractivity (Wildman–Crippen MR) is 110 cm³/mol. The minimum Gasteiger partial charge on any atom is -0.364 e. The monoisotopic (exact) mass is 482 g/mol. The van der Waals surface area contributed by atoms with Gasteiger partial charge < -0.3 is 11.1 Å². The molecule has 4 rings (SSSR count). The summed E-state index contributed by atoms with van der Waals surface area (Å²) in [6.07, 6.45) is -3.99. The van der Waals surface area contributed by atoms with Gasteiger partial charge in [-0.2, -0.15) is 13.2 Å². The Morgan fingerprint density at radius 1 is 1.03 bits per heavy atom. The number of alkyl halides is 3. The van der Waals surface area contributed by atoms with Gasteiger partial charge in [0.15, 0.2) is 17.2 Å². The quantitative estimate of drug-likeness (QED) is 0.443. The van der Waals surface area contributed by atoms with Crippen molar-refractivity contribution in [2.45, 2.75) is 6.18 Å². The number of halogens is 5. The van der Waals surface area contributed by atoms with E-state index in [1.807, 2.05) is 0 Å². The Kier molecular flexibility index (Phi) is 5.48. The van der Waals surface area contributed by atoms with Gasteiger partial charge >= 0.3 is 6.18 Å². The van der Waals surface area contributed by atoms with E-state index in [0.717, 1.165) is 4.80 Å². The van der Waals surface area contributed by atoms with E-state index >= 15 is 0 Å². The van der Waals surface area contributed by atoms with E-state index in [4.69, 9.17) is 28.9 Å². The number of benzene rings is 2. The van der Waals surface area contributed by atoms with Crippen molar-refractivity contribution in [2.24, 2.45) is 5.73 Å². The van der Waals surface area contributed by atoms with E-state index in [2.05, 4.69) is 25.8 Å². The number of nitrogens with one attached hydrogen (secondary N) is 1. The Morgan fingerprint density at radius 2 is 1.69 bits per heavy atom. The number of hydrogen-bond donors (Lipinski definition) is 2. The average molecular weight is 483 g/mol. The first-order valence-electron chi connectivity index (χ1n) is 8.72. The van der Waals surface area contributed by atoms with E-state index < -0.39 is 17.8 Å². The van der Waals surface area contributed by atoms with Gasteiger partial charge in [-0.25, -0.2) is 4.68 Å². The topological polar surface area (TPSA) is 117 Å². The molecule has 32 heavy (non-hydrogen) atoms. The molecule has 9 nitrogen and oxygen atoms in total. The van der Waals surface area contributed by atoms with Gasteiger partial charge in [0.25, 0.3) is 5.91 Å². The van der Waals surface area contributed by atoms with Gasteiger partial charge in [0.05, 0.1) is 21.9 Å². The molecule has 1 amide bonds. The van der Waals surface area contributed by atoms with E-state index in [1.54, 1.807) is 18.2 Å². The van der Waals surface area contributed by atoms with Crippen LogP contribution in [0.15, 0.2) is 48.7 Å². The molecule has 2 heterocycles. The van der Waals surface area contributed by atoms with Crippen LogP contribution in [0.25, 0.3) is 11.4 Å². The lowest BCUT2D eigenvalue weighted by atomic mass is 10.2. The van der Waals surface area contributed by atoms with Crippen molar-refractivity contribution in [3.63, 3.8) is 0 Å². The summed E-state index contributed by atoms with van der Waals surface area (Å²) in [7, 11) is 0. The second-order valence-corrected chi connectivity index (χ2v) is 7.14. The van der Waals surface area contributed by atoms with Crippen LogP contribution in [0, 0.1) is 0 Å². The number of carbonyl (C=O) groups excluding carboxylic acids is 1. The molecule has 0 aliphatic carbocycles. The van der Waals surface area contributed by atoms with Gasteiger partial charge in [0, 0.05) is 5.69 Å². The fourth-order valence-electron chi connectivity index (χ4n) is 2.78. The molecule has 0 aliphatic rings. The van der Waals surface area contributed by atoms with Crippen LogP contribution in [0.3, 0.4) is 0 Å². The lowest BCUT2D eigenvalue weighted by Gasteiger charge is -2.10. The first-order chi connectivity index (χ1) is 15.1. The third kappa shape index (κ3) is 4.09. The highest BCUT2D eigenvalue weighted by Gasteiger charge is 2.36. The summed E-state index contributed by atoms with van der Waals surface area (Å²) in [6.45, 7) is 0. The van der Waals surface area contributed by atoms with Crippen molar-refractivity contribution in [2.75, 3.05) is 5.32 Å². The highest BCUT2D eigenvalue weighted by atomic mass is 35.5. The molecule has 14 heteroatoms. The molecule has 0 saturated carbocycles. The number of amides is 1. The lowest BCUT2D eigenvalue weighted by Crippen LogP contribution is -2.14. The number of aromatic nitrogens is 6. The smallest absolute Gasteiger partial charge is 0.364 e. The van der Waals surface area contributed by atoms with Crippen molar-refractivity contribution in [3.05, 3.63) is 70.1 Å². The van der Waals surface area contributed by atoms with Gasteiger partial charge in [-0.05, 0) is 36.4 Å². The van der Waals surface area contributed by atoms with Crippen LogP contribution in [0.1, 0.15) is 16.2 Å². The van der Waals surface area contributed by atoms with Crippen molar-refractivity contribution >= 4 is 40.6 Å². The molecule has 4 aromatic rings. The Hall–Kier alpha value is -3.64. The molecule has 0 saturated heterocycles. The van der Waals surface area contributed by atoms with Crippen molar-refractivity contribution in [1.29, 1.82) is 0 Å². The molecule has 3 N–H and O–H groups in total. The number of primary amides is 1. The van der Waals surface area contributed by atoms with Crippen LogP contribution >= 0.6 is 23.2 Å². The largest absolute Gasteiger partial charge is 0.435 e. The normalized spacial score (nSPS) is 11.5. The number of carbonyl (C=O) groups is 1. The van der Waals surface area contributed by atoms with E-state index in [1.165, 1.54) is 24.3 Å². The van der Waals surface area contributed by atoms with Crippen LogP contribution in [-0.4, -0.2) is 35.9 Å². The summed E-state index contributed by atoms with van der Waals surface area (Å²) >= 11 is 12.3. The minimum atomic E-state index is -4.62. The Bertz CT molecular complexity index is 1280. The Balaban J connectivity index is 1.66. The van der Waals surface area contributed by atoms with Gasteiger partial charge in [-0.1, -0.05) is 34.5 Å². The van der Waals surface area contributed by atoms with Crippen molar-refractivity contribution < 1.29 is 18.0 Å². The molecule has 0 unspecified atom stereocenters. The van der Waals surface area contributed by atoms with Gasteiger partial charge in [0.2, 0.25) is 0 Å². The van der Waals surface area contributed by atoms with E-state index in [0.29, 0.717) is 16.6 Å². The zero-order valence-corrected chi connectivity index (χ0v) is 17.2. The number of para-hydroxylation sites is 1. The molecule has 164 valence electrons. The SMILES string of the molecule is NC(=O)c1nn(-c2c(Cl)cccc2Cl)nc1Nc1ccc(-n2nncc2C(F)(F)F)cc1. The summed E-state index contributed by atoms with van der Waals surface area (Å²) in [4.78, 5) is 12.9. The lowest BCUT2D eigenvalue weighted by molar-refractivity contribution is -0.142. The molecule has 0 spiro atoms. The molecule has 0 radical (unpaired) electrons. The van der Waals surface area contributed by atoms with Gasteiger partial charge in [-0.3, -0.25) is 4.79 Å². The van der Waals surface area contributed by atoms with Crippen LogP contribution in [-0.2, 0) is 6.18 Å². The van der Waals surface area contributed by atoms with Crippen LogP contribution in [0.2, 0.25) is 10.0 Å². The molecule has 0 atom stereocenters. The van der Waals surface area contributed by atoms with Crippen LogP contribution < -0.4 is 11.1 Å². The summed E-state index contributed by atoms with van der Waals surface area (Å²) in [5.74, 6) is -0.867. The number of anilines is 2. The first kappa shape index (κ1) is 21.6. The third-order valence-corrected chi connectivity index (χ3v) is 4.81. The van der Waals surface area contributed by atoms with E-state index in [-0.39, 0.29) is 32.9 Å². The zero-order chi connectivity index (χ0) is 23.0. The zero-order valence-electron chi connectivity index (χ0n) is 15.7. The van der Waals surface area contributed by atoms with Crippen LogP contribution in [0.4, 0.5) is 24.7 Å². The molecule has 0 bridgehead atoms. The second-order valence-electron chi connectivity index (χ2n) is 6.32. The fraction of sp³-hybridized carbons (Fsp3) is 0.0556. The second kappa shape index (κ2) is 8.13. The van der Waals surface area contributed by atoms with Crippen LogP contribution in [0.5, 0.6) is 0 Å². The van der Waals surface area contributed by atoms with Gasteiger partial charge in [0.1, 0.15) is 5.69 Å².